The maximum Gasteiger partial charge on any atom is 0.226 e. The van der Waals surface area contributed by atoms with Crippen LogP contribution < -0.4 is 5.73 Å². The van der Waals surface area contributed by atoms with Crippen molar-refractivity contribution in [3.05, 3.63) is 0 Å². The van der Waals surface area contributed by atoms with Gasteiger partial charge in [0.1, 0.15) is 0 Å². The zero-order chi connectivity index (χ0) is 12.3. The molecule has 4 nitrogen and oxygen atoms in total. The molecule has 2 N–H and O–H groups in total. The molecule has 0 aliphatic carbocycles. The van der Waals surface area contributed by atoms with Gasteiger partial charge in [-0.3, -0.25) is 9.59 Å². The number of amides is 2. The van der Waals surface area contributed by atoms with E-state index in [0.29, 0.717) is 12.4 Å². The summed E-state index contributed by atoms with van der Waals surface area (Å²) in [5.74, 6) is -0.390. The second-order valence-electron chi connectivity index (χ2n) is 4.57. The second kappa shape index (κ2) is 5.53. The summed E-state index contributed by atoms with van der Waals surface area (Å²) in [7, 11) is 0. The summed E-state index contributed by atoms with van der Waals surface area (Å²) in [5, 5.41) is 0. The van der Waals surface area contributed by atoms with Gasteiger partial charge >= 0.3 is 0 Å². The third-order valence-electron chi connectivity index (χ3n) is 3.22. The van der Waals surface area contributed by atoms with Gasteiger partial charge in [0.25, 0.3) is 0 Å². The lowest BCUT2D eigenvalue weighted by atomic mass is 9.92. The van der Waals surface area contributed by atoms with Crippen LogP contribution in [0.25, 0.3) is 0 Å². The molecule has 3 atom stereocenters. The van der Waals surface area contributed by atoms with Crippen LogP contribution in [0.15, 0.2) is 0 Å². The lowest BCUT2D eigenvalue weighted by molar-refractivity contribution is -0.140. The molecule has 1 fully saturated rings. The number of likely N-dealkylation sites (tertiary alicyclic amines) is 1. The molecule has 0 spiro atoms. The Kier molecular flexibility index (Phi) is 4.59. The van der Waals surface area contributed by atoms with Crippen LogP contribution in [0.3, 0.4) is 0 Å². The first-order valence-corrected chi connectivity index (χ1v) is 6.16. The van der Waals surface area contributed by atoms with Crippen LogP contribution in [0, 0.1) is 11.8 Å². The summed E-state index contributed by atoms with van der Waals surface area (Å²) in [4.78, 5) is 24.9. The van der Waals surface area contributed by atoms with Crippen molar-refractivity contribution < 1.29 is 9.59 Å². The number of nitrogens with zero attached hydrogens (tertiary/aromatic N) is 1. The van der Waals surface area contributed by atoms with Gasteiger partial charge in [0.2, 0.25) is 11.8 Å². The Morgan fingerprint density at radius 3 is 2.62 bits per heavy atom. The molecule has 1 aliphatic heterocycles. The summed E-state index contributed by atoms with van der Waals surface area (Å²) in [6, 6.07) is 0.175. The van der Waals surface area contributed by atoms with Crippen molar-refractivity contribution in [2.75, 3.05) is 12.4 Å². The molecular formula is C11H19ClN2O2. The smallest absolute Gasteiger partial charge is 0.226 e. The number of piperidine rings is 1. The molecule has 0 saturated carbocycles. The molecule has 0 aromatic rings. The lowest BCUT2D eigenvalue weighted by Crippen LogP contribution is -2.50. The van der Waals surface area contributed by atoms with E-state index in [1.165, 1.54) is 0 Å². The summed E-state index contributed by atoms with van der Waals surface area (Å²) in [5.41, 5.74) is 5.28. The Balaban J connectivity index is 2.69. The normalized spacial score (nSPS) is 27.6. The van der Waals surface area contributed by atoms with Gasteiger partial charge in [-0.05, 0) is 19.8 Å². The van der Waals surface area contributed by atoms with Gasteiger partial charge in [-0.1, -0.05) is 6.92 Å². The molecule has 0 bridgehead atoms. The Labute approximate surface area is 101 Å². The van der Waals surface area contributed by atoms with Crippen molar-refractivity contribution in [1.82, 2.24) is 4.90 Å². The van der Waals surface area contributed by atoms with E-state index in [0.717, 1.165) is 12.8 Å². The van der Waals surface area contributed by atoms with Crippen molar-refractivity contribution in [2.45, 2.75) is 32.7 Å². The van der Waals surface area contributed by atoms with E-state index in [1.807, 2.05) is 6.92 Å². The summed E-state index contributed by atoms with van der Waals surface area (Å²) >= 11 is 5.67. The molecule has 5 heteroatoms. The van der Waals surface area contributed by atoms with Gasteiger partial charge in [-0.15, -0.1) is 11.6 Å². The van der Waals surface area contributed by atoms with Gasteiger partial charge in [0.15, 0.2) is 0 Å². The third kappa shape index (κ3) is 2.88. The Hall–Kier alpha value is -0.770. The molecule has 3 unspecified atom stereocenters. The summed E-state index contributed by atoms with van der Waals surface area (Å²) < 4.78 is 0. The number of hydrogen-bond acceptors (Lipinski definition) is 2. The molecule has 2 amide bonds. The lowest BCUT2D eigenvalue weighted by Gasteiger charge is -2.38. The topological polar surface area (TPSA) is 63.4 Å². The van der Waals surface area contributed by atoms with Crippen molar-refractivity contribution in [2.24, 2.45) is 17.6 Å². The van der Waals surface area contributed by atoms with Crippen LogP contribution >= 0.6 is 11.6 Å². The standard InChI is InChI=1S/C11H19ClN2O2/c1-7(5-12)11(16)14-6-9(10(13)15)4-3-8(14)2/h7-9H,3-6H2,1-2H3,(H2,13,15). The number of hydrogen-bond donors (Lipinski definition) is 1. The minimum absolute atomic E-state index is 0.0217. The Morgan fingerprint density at radius 1 is 1.50 bits per heavy atom. The average Bonchev–Trinajstić information content (AvgIpc) is 2.27. The van der Waals surface area contributed by atoms with Crippen molar-refractivity contribution >= 4 is 23.4 Å². The molecular weight excluding hydrogens is 228 g/mol. The van der Waals surface area contributed by atoms with E-state index in [1.54, 1.807) is 11.8 Å². The highest BCUT2D eigenvalue weighted by molar-refractivity contribution is 6.19. The summed E-state index contributed by atoms with van der Waals surface area (Å²) in [6.07, 6.45) is 1.60. The number of primary amides is 1. The molecule has 1 heterocycles. The fourth-order valence-electron chi connectivity index (χ4n) is 2.00. The minimum atomic E-state index is -0.316. The molecule has 92 valence electrons. The Morgan fingerprint density at radius 2 is 2.12 bits per heavy atom. The highest BCUT2D eigenvalue weighted by Gasteiger charge is 2.33. The number of halogens is 1. The molecule has 1 rings (SSSR count). The fourth-order valence-corrected chi connectivity index (χ4v) is 2.13. The van der Waals surface area contributed by atoms with E-state index in [2.05, 4.69) is 0 Å². The van der Waals surface area contributed by atoms with E-state index in [9.17, 15) is 9.59 Å². The summed E-state index contributed by atoms with van der Waals surface area (Å²) in [6.45, 7) is 4.24. The highest BCUT2D eigenvalue weighted by atomic mass is 35.5. The number of carbonyl (C=O) groups is 2. The highest BCUT2D eigenvalue weighted by Crippen LogP contribution is 2.23. The van der Waals surface area contributed by atoms with Crippen molar-refractivity contribution in [3.63, 3.8) is 0 Å². The third-order valence-corrected chi connectivity index (χ3v) is 3.68. The van der Waals surface area contributed by atoms with Crippen LogP contribution in [0.5, 0.6) is 0 Å². The largest absolute Gasteiger partial charge is 0.369 e. The average molecular weight is 247 g/mol. The van der Waals surface area contributed by atoms with E-state index >= 15 is 0 Å². The maximum atomic E-state index is 12.0. The first-order valence-electron chi connectivity index (χ1n) is 5.63. The number of carbonyl (C=O) groups excluding carboxylic acids is 2. The van der Waals surface area contributed by atoms with Gasteiger partial charge < -0.3 is 10.6 Å². The zero-order valence-corrected chi connectivity index (χ0v) is 10.5. The van der Waals surface area contributed by atoms with Gasteiger partial charge in [0.05, 0.1) is 5.92 Å². The minimum Gasteiger partial charge on any atom is -0.369 e. The van der Waals surface area contributed by atoms with Crippen LogP contribution in [0.4, 0.5) is 0 Å². The molecule has 0 aromatic carbocycles. The molecule has 1 saturated heterocycles. The van der Waals surface area contributed by atoms with Gasteiger partial charge in [-0.25, -0.2) is 0 Å². The molecule has 0 radical (unpaired) electrons. The Bertz CT molecular complexity index is 283. The van der Waals surface area contributed by atoms with Crippen molar-refractivity contribution in [1.29, 1.82) is 0 Å². The number of rotatable bonds is 3. The quantitative estimate of drug-likeness (QED) is 0.755. The number of alkyl halides is 1. The molecule has 0 aromatic heterocycles. The van der Waals surface area contributed by atoms with Crippen LogP contribution in [0.2, 0.25) is 0 Å². The van der Waals surface area contributed by atoms with Crippen LogP contribution in [0.1, 0.15) is 26.7 Å². The van der Waals surface area contributed by atoms with Gasteiger partial charge in [-0.2, -0.15) is 0 Å². The fraction of sp³-hybridized carbons (Fsp3) is 0.818. The first-order chi connectivity index (χ1) is 7.47. The SMILES string of the molecule is CC(CCl)C(=O)N1CC(C(N)=O)CCC1C. The molecule has 16 heavy (non-hydrogen) atoms. The predicted molar refractivity (Wildman–Crippen MR) is 63.0 cm³/mol. The van der Waals surface area contributed by atoms with Crippen LogP contribution in [-0.2, 0) is 9.59 Å². The first kappa shape index (κ1) is 13.3. The maximum absolute atomic E-state index is 12.0. The van der Waals surface area contributed by atoms with E-state index in [-0.39, 0.29) is 29.7 Å². The predicted octanol–water partition coefficient (Wildman–Crippen LogP) is 0.974. The monoisotopic (exact) mass is 246 g/mol. The van der Waals surface area contributed by atoms with E-state index in [4.69, 9.17) is 17.3 Å². The van der Waals surface area contributed by atoms with Crippen LogP contribution in [-0.4, -0.2) is 35.2 Å². The molecule has 1 aliphatic rings. The zero-order valence-electron chi connectivity index (χ0n) is 9.78. The van der Waals surface area contributed by atoms with Crippen molar-refractivity contribution in [3.8, 4) is 0 Å². The second-order valence-corrected chi connectivity index (χ2v) is 4.88. The van der Waals surface area contributed by atoms with Gasteiger partial charge in [0, 0.05) is 24.4 Å². The number of nitrogens with two attached hydrogens (primary N) is 1. The van der Waals surface area contributed by atoms with E-state index < -0.39 is 0 Å².